The van der Waals surface area contributed by atoms with Crippen LogP contribution < -0.4 is 10.2 Å². The van der Waals surface area contributed by atoms with E-state index in [-0.39, 0.29) is 50.6 Å². The van der Waals surface area contributed by atoms with E-state index in [9.17, 15) is 19.8 Å². The molecule has 0 radical (unpaired) electrons. The summed E-state index contributed by atoms with van der Waals surface area (Å²) in [5.41, 5.74) is 0. The van der Waals surface area contributed by atoms with Crippen molar-refractivity contribution in [3.8, 4) is 0 Å². The molecule has 0 rings (SSSR count). The van der Waals surface area contributed by atoms with E-state index in [1.54, 1.807) is 0 Å². The largest absolute Gasteiger partial charge is 2.00 e. The van der Waals surface area contributed by atoms with Crippen molar-refractivity contribution in [1.82, 2.24) is 9.80 Å². The molecule has 77 heavy (non-hydrogen) atoms. The molecule has 6 nitrogen and oxygen atoms in total. The van der Waals surface area contributed by atoms with Crippen LogP contribution in [0.2, 0.25) is 0 Å². The number of carbonyl (C=O) groups is 2. The zero-order valence-corrected chi connectivity index (χ0v) is 56.0. The third kappa shape index (κ3) is 68.5. The Morgan fingerprint density at radius 3 is 0.519 bits per heavy atom. The Morgan fingerprint density at radius 1 is 0.260 bits per heavy atom. The Bertz CT molecular complexity index is 965. The molecular formula is C70H140CaN2O4. The Kier molecular flexibility index (Phi) is 74.4. The topological polar surface area (TPSA) is 86.7 Å². The molecule has 0 aromatic carbocycles. The minimum Gasteiger partial charge on any atom is -0.550 e. The Hall–Kier alpha value is 0.120. The molecule has 2 atom stereocenters. The molecule has 456 valence electrons. The number of hydrogen-bond donors (Lipinski definition) is 0. The Labute approximate surface area is 514 Å². The quantitative estimate of drug-likeness (QED) is 0.0445. The first-order valence-electron chi connectivity index (χ1n) is 35.1. The molecule has 7 heteroatoms. The van der Waals surface area contributed by atoms with E-state index in [0.29, 0.717) is 12.1 Å². The van der Waals surface area contributed by atoms with Crippen LogP contribution in [0.3, 0.4) is 0 Å². The average molecular weight is 1110 g/mol. The summed E-state index contributed by atoms with van der Waals surface area (Å²) < 4.78 is 0. The van der Waals surface area contributed by atoms with E-state index in [0.717, 1.165) is 39.0 Å². The molecular weight excluding hydrogens is 973 g/mol. The monoisotopic (exact) mass is 1110 g/mol. The Morgan fingerprint density at radius 2 is 0.390 bits per heavy atom. The first-order valence-corrected chi connectivity index (χ1v) is 35.1. The molecule has 0 amide bonds. The van der Waals surface area contributed by atoms with E-state index in [1.165, 1.54) is 334 Å². The minimum atomic E-state index is -0.904. The molecule has 0 spiro atoms. The van der Waals surface area contributed by atoms with Gasteiger partial charge in [0, 0.05) is 24.0 Å². The van der Waals surface area contributed by atoms with Crippen LogP contribution in [0.25, 0.3) is 0 Å². The maximum Gasteiger partial charge on any atom is 2.00 e. The van der Waals surface area contributed by atoms with Gasteiger partial charge < -0.3 is 29.6 Å². The van der Waals surface area contributed by atoms with Crippen molar-refractivity contribution in [1.29, 1.82) is 0 Å². The number of carbonyl (C=O) groups excluding carboxylic acids is 2. The second-order valence-electron chi connectivity index (χ2n) is 24.6. The van der Waals surface area contributed by atoms with Gasteiger partial charge in [-0.15, -0.1) is 0 Å². The fourth-order valence-corrected chi connectivity index (χ4v) is 11.5. The summed E-state index contributed by atoms with van der Waals surface area (Å²) >= 11 is 0. The molecule has 0 aliphatic rings. The number of rotatable bonds is 64. The van der Waals surface area contributed by atoms with Crippen molar-refractivity contribution < 1.29 is 19.8 Å². The zero-order chi connectivity index (χ0) is 55.9. The molecule has 2 unspecified atom stereocenters. The predicted molar refractivity (Wildman–Crippen MR) is 339 cm³/mol. The third-order valence-electron chi connectivity index (χ3n) is 17.0. The van der Waals surface area contributed by atoms with E-state index in [4.69, 9.17) is 0 Å². The molecule has 0 heterocycles. The summed E-state index contributed by atoms with van der Waals surface area (Å²) in [5.74, 6) is -1.81. The summed E-state index contributed by atoms with van der Waals surface area (Å²) in [6, 6.07) is 0.699. The van der Waals surface area contributed by atoms with E-state index >= 15 is 0 Å². The molecule has 0 saturated heterocycles. The molecule has 0 N–H and O–H groups in total. The smallest absolute Gasteiger partial charge is 0.550 e. The van der Waals surface area contributed by atoms with Gasteiger partial charge in [-0.2, -0.15) is 0 Å². The summed E-state index contributed by atoms with van der Waals surface area (Å²) in [4.78, 5) is 27.1. The summed E-state index contributed by atoms with van der Waals surface area (Å²) in [6.45, 7) is 18.1. The van der Waals surface area contributed by atoms with Crippen LogP contribution in [-0.4, -0.2) is 97.7 Å². The van der Waals surface area contributed by atoms with E-state index in [1.807, 2.05) is 0 Å². The van der Waals surface area contributed by atoms with Gasteiger partial charge in [-0.25, -0.2) is 0 Å². The number of carboxylic acid groups (broad SMARTS) is 2. The van der Waals surface area contributed by atoms with Crippen LogP contribution in [0.1, 0.15) is 401 Å². The first kappa shape index (κ1) is 81.3. The van der Waals surface area contributed by atoms with Gasteiger partial charge in [0.1, 0.15) is 0 Å². The van der Waals surface area contributed by atoms with Gasteiger partial charge >= 0.3 is 37.7 Å². The molecule has 0 aliphatic heterocycles. The molecule has 0 saturated carbocycles. The zero-order valence-electron chi connectivity index (χ0n) is 53.8. The maximum atomic E-state index is 11.0. The van der Waals surface area contributed by atoms with Crippen LogP contribution in [0.4, 0.5) is 0 Å². The second kappa shape index (κ2) is 70.4. The predicted octanol–water partition coefficient (Wildman–Crippen LogP) is 20.4. The van der Waals surface area contributed by atoms with Crippen molar-refractivity contribution in [3.05, 3.63) is 0 Å². The van der Waals surface area contributed by atoms with Gasteiger partial charge in [0.05, 0.1) is 0 Å². The van der Waals surface area contributed by atoms with Gasteiger partial charge in [-0.05, 0) is 91.4 Å². The normalized spacial score (nSPS) is 12.3. The summed E-state index contributed by atoms with van der Waals surface area (Å²) in [6.07, 6.45) is 74.0. The molecule has 0 bridgehead atoms. The van der Waals surface area contributed by atoms with Crippen molar-refractivity contribution in [3.63, 3.8) is 0 Å². The number of carboxylic acids is 2. The standard InChI is InChI=1S/2C35H71NO2.Ca/c2*1-4-6-8-10-12-14-16-18-20-22-24-26-28-32-36(34(3)30-31-35(37)38)33-29-27-25-23-21-19-17-15-13-11-9-7-5-2;/h2*34H,4-33H2,1-3H3,(H,37,38);/q;;+2/p-2. The van der Waals surface area contributed by atoms with Crippen molar-refractivity contribution in [2.24, 2.45) is 0 Å². The minimum absolute atomic E-state index is 0. The maximum absolute atomic E-state index is 11.0. The van der Waals surface area contributed by atoms with Crippen LogP contribution in [0.5, 0.6) is 0 Å². The van der Waals surface area contributed by atoms with Gasteiger partial charge in [-0.1, -0.05) is 336 Å². The van der Waals surface area contributed by atoms with Crippen LogP contribution >= 0.6 is 0 Å². The van der Waals surface area contributed by atoms with Crippen molar-refractivity contribution >= 4 is 49.7 Å². The molecule has 0 aromatic heterocycles. The van der Waals surface area contributed by atoms with E-state index in [2.05, 4.69) is 51.3 Å². The fraction of sp³-hybridized carbons (Fsp3) is 0.971. The molecule has 0 aliphatic carbocycles. The van der Waals surface area contributed by atoms with Gasteiger partial charge in [0.2, 0.25) is 0 Å². The Balaban J connectivity index is -0.00000140. The first-order chi connectivity index (χ1) is 37.2. The second-order valence-corrected chi connectivity index (χ2v) is 24.6. The molecule has 0 aromatic rings. The number of nitrogens with zero attached hydrogens (tertiary/aromatic N) is 2. The summed E-state index contributed by atoms with van der Waals surface area (Å²) in [5, 5.41) is 21.9. The van der Waals surface area contributed by atoms with Crippen molar-refractivity contribution in [2.75, 3.05) is 26.2 Å². The van der Waals surface area contributed by atoms with Crippen LogP contribution in [0, 0.1) is 0 Å². The van der Waals surface area contributed by atoms with Gasteiger partial charge in [0.15, 0.2) is 0 Å². The van der Waals surface area contributed by atoms with Crippen molar-refractivity contribution in [2.45, 2.75) is 413 Å². The number of aliphatic carboxylic acids is 2. The number of unbranched alkanes of at least 4 members (excludes halogenated alkanes) is 48. The average Bonchev–Trinajstić information content (AvgIpc) is 3.41. The third-order valence-corrected chi connectivity index (χ3v) is 17.0. The van der Waals surface area contributed by atoms with Gasteiger partial charge in [0.25, 0.3) is 0 Å². The summed E-state index contributed by atoms with van der Waals surface area (Å²) in [7, 11) is 0. The van der Waals surface area contributed by atoms with Crippen LogP contribution in [0.15, 0.2) is 0 Å². The van der Waals surface area contributed by atoms with Gasteiger partial charge in [-0.3, -0.25) is 0 Å². The van der Waals surface area contributed by atoms with E-state index < -0.39 is 11.9 Å². The van der Waals surface area contributed by atoms with Crippen LogP contribution in [-0.2, 0) is 9.59 Å². The SMILES string of the molecule is CCCCCCCCCCCCCCCN(CCCCCCCCCCCCCCC)C(C)CCC(=O)[O-].CCCCCCCCCCCCCCCN(CCCCCCCCCCCCCCC)C(C)CCC(=O)[O-].[Ca+2]. The number of hydrogen-bond acceptors (Lipinski definition) is 6. The fourth-order valence-electron chi connectivity index (χ4n) is 11.5. The molecule has 0 fully saturated rings.